The molecular formula is C20H32ClN3O3S. The number of nitrogens with zero attached hydrogens (tertiary/aromatic N) is 2. The zero-order chi connectivity index (χ0) is 19.6. The lowest BCUT2D eigenvalue weighted by Gasteiger charge is -2.23. The van der Waals surface area contributed by atoms with Crippen molar-refractivity contribution in [2.45, 2.75) is 38.5 Å². The van der Waals surface area contributed by atoms with E-state index in [9.17, 15) is 13.2 Å². The molecule has 0 saturated carbocycles. The van der Waals surface area contributed by atoms with Crippen LogP contribution in [0.5, 0.6) is 0 Å². The molecule has 6 nitrogen and oxygen atoms in total. The third-order valence-electron chi connectivity index (χ3n) is 6.06. The van der Waals surface area contributed by atoms with Gasteiger partial charge in [-0.2, -0.15) is 4.31 Å². The fraction of sp³-hybridized carbons (Fsp3) is 0.650. The highest BCUT2D eigenvalue weighted by molar-refractivity contribution is 7.89. The number of halogens is 1. The van der Waals surface area contributed by atoms with Crippen LogP contribution in [0.3, 0.4) is 0 Å². The molecule has 1 N–H and O–H groups in total. The van der Waals surface area contributed by atoms with Crippen LogP contribution in [0.4, 0.5) is 0 Å². The van der Waals surface area contributed by atoms with Crippen molar-refractivity contribution in [1.29, 1.82) is 0 Å². The van der Waals surface area contributed by atoms with Crippen molar-refractivity contribution in [3.8, 4) is 0 Å². The SMILES string of the molecule is CCN(CC)S(=O)(=O)c1cc(C(=O)N2CC[C@@H]3CNC[C@@H]3CC2)ccc1C.Cl. The summed E-state index contributed by atoms with van der Waals surface area (Å²) in [5, 5.41) is 3.44. The van der Waals surface area contributed by atoms with Gasteiger partial charge in [0.05, 0.1) is 4.90 Å². The highest BCUT2D eigenvalue weighted by atomic mass is 35.5. The molecule has 0 bridgehead atoms. The van der Waals surface area contributed by atoms with Gasteiger partial charge in [0.1, 0.15) is 0 Å². The van der Waals surface area contributed by atoms with Crippen molar-refractivity contribution in [2.24, 2.45) is 11.8 Å². The van der Waals surface area contributed by atoms with Crippen LogP contribution in [0.1, 0.15) is 42.6 Å². The Labute approximate surface area is 175 Å². The lowest BCUT2D eigenvalue weighted by molar-refractivity contribution is 0.0758. The monoisotopic (exact) mass is 429 g/mol. The van der Waals surface area contributed by atoms with Crippen LogP contribution < -0.4 is 5.32 Å². The maximum atomic E-state index is 13.1. The van der Waals surface area contributed by atoms with Gasteiger partial charge in [0.25, 0.3) is 5.91 Å². The van der Waals surface area contributed by atoms with Crippen molar-refractivity contribution >= 4 is 28.3 Å². The average molecular weight is 430 g/mol. The van der Waals surface area contributed by atoms with Crippen molar-refractivity contribution in [3.63, 3.8) is 0 Å². The van der Waals surface area contributed by atoms with Crippen LogP contribution in [0.15, 0.2) is 23.1 Å². The van der Waals surface area contributed by atoms with E-state index in [-0.39, 0.29) is 23.2 Å². The quantitative estimate of drug-likeness (QED) is 0.780. The Morgan fingerprint density at radius 2 is 1.71 bits per heavy atom. The smallest absolute Gasteiger partial charge is 0.253 e. The number of rotatable bonds is 5. The normalized spacial score (nSPS) is 22.5. The number of likely N-dealkylation sites (tertiary alicyclic amines) is 1. The Balaban J connectivity index is 0.00000280. The van der Waals surface area contributed by atoms with Gasteiger partial charge < -0.3 is 10.2 Å². The summed E-state index contributed by atoms with van der Waals surface area (Å²) in [6, 6.07) is 5.07. The van der Waals surface area contributed by atoms with E-state index in [4.69, 9.17) is 0 Å². The first kappa shape index (κ1) is 23.1. The van der Waals surface area contributed by atoms with E-state index in [2.05, 4.69) is 5.32 Å². The molecule has 2 heterocycles. The van der Waals surface area contributed by atoms with E-state index in [0.717, 1.165) is 39.0 Å². The topological polar surface area (TPSA) is 69.7 Å². The fourth-order valence-electron chi connectivity index (χ4n) is 4.32. The molecule has 1 aromatic carbocycles. The van der Waals surface area contributed by atoms with Crippen LogP contribution in [-0.2, 0) is 10.0 Å². The van der Waals surface area contributed by atoms with Crippen molar-refractivity contribution in [3.05, 3.63) is 29.3 Å². The molecule has 28 heavy (non-hydrogen) atoms. The molecule has 2 aliphatic heterocycles. The number of carbonyl (C=O) groups excluding carboxylic acids is 1. The van der Waals surface area contributed by atoms with Gasteiger partial charge >= 0.3 is 0 Å². The summed E-state index contributed by atoms with van der Waals surface area (Å²) in [4.78, 5) is 15.2. The molecule has 1 amide bonds. The number of hydrogen-bond donors (Lipinski definition) is 1. The Morgan fingerprint density at radius 1 is 1.14 bits per heavy atom. The van der Waals surface area contributed by atoms with Crippen molar-refractivity contribution in [2.75, 3.05) is 39.3 Å². The summed E-state index contributed by atoms with van der Waals surface area (Å²) in [6.45, 7) is 9.85. The van der Waals surface area contributed by atoms with Crippen LogP contribution in [0.2, 0.25) is 0 Å². The summed E-state index contributed by atoms with van der Waals surface area (Å²) < 4.78 is 27.3. The largest absolute Gasteiger partial charge is 0.339 e. The number of sulfonamides is 1. The highest BCUT2D eigenvalue weighted by Gasteiger charge is 2.32. The summed E-state index contributed by atoms with van der Waals surface area (Å²) in [6.07, 6.45) is 2.03. The van der Waals surface area contributed by atoms with Gasteiger partial charge in [0.2, 0.25) is 10.0 Å². The number of nitrogens with one attached hydrogen (secondary N) is 1. The number of amides is 1. The molecule has 0 unspecified atom stereocenters. The molecule has 8 heteroatoms. The summed E-state index contributed by atoms with van der Waals surface area (Å²) >= 11 is 0. The van der Waals surface area contributed by atoms with Gasteiger partial charge in [0.15, 0.2) is 0 Å². The van der Waals surface area contributed by atoms with E-state index in [0.29, 0.717) is 36.1 Å². The van der Waals surface area contributed by atoms with Gasteiger partial charge in [-0.25, -0.2) is 8.42 Å². The number of aryl methyl sites for hydroxylation is 1. The Kier molecular flexibility index (Phi) is 7.90. The molecule has 2 saturated heterocycles. The minimum Gasteiger partial charge on any atom is -0.339 e. The van der Waals surface area contributed by atoms with Crippen LogP contribution >= 0.6 is 12.4 Å². The minimum atomic E-state index is -3.58. The number of hydrogen-bond acceptors (Lipinski definition) is 4. The Hall–Kier alpha value is -1.15. The summed E-state index contributed by atoms with van der Waals surface area (Å²) in [5.41, 5.74) is 1.14. The average Bonchev–Trinajstić information content (AvgIpc) is 3.00. The summed E-state index contributed by atoms with van der Waals surface area (Å²) in [5.74, 6) is 1.25. The lowest BCUT2D eigenvalue weighted by Crippen LogP contribution is -2.34. The second-order valence-corrected chi connectivity index (χ2v) is 9.52. The van der Waals surface area contributed by atoms with Crippen molar-refractivity contribution < 1.29 is 13.2 Å². The maximum Gasteiger partial charge on any atom is 0.253 e. The van der Waals surface area contributed by atoms with E-state index >= 15 is 0 Å². The predicted molar refractivity (Wildman–Crippen MR) is 114 cm³/mol. The van der Waals surface area contributed by atoms with E-state index in [1.807, 2.05) is 18.7 Å². The Morgan fingerprint density at radius 3 is 2.25 bits per heavy atom. The Bertz CT molecular complexity index is 782. The number of fused-ring (bicyclic) bond motifs is 1. The third-order valence-corrected chi connectivity index (χ3v) is 8.26. The number of benzene rings is 1. The molecule has 0 radical (unpaired) electrons. The fourth-order valence-corrected chi connectivity index (χ4v) is 6.03. The van der Waals surface area contributed by atoms with Gasteiger partial charge in [0, 0.05) is 31.7 Å². The third kappa shape index (κ3) is 4.53. The number of carbonyl (C=O) groups is 1. The molecule has 0 aromatic heterocycles. The molecule has 1 aromatic rings. The molecule has 2 fully saturated rings. The minimum absolute atomic E-state index is 0. The first-order valence-electron chi connectivity index (χ1n) is 9.99. The first-order chi connectivity index (χ1) is 12.9. The molecule has 2 aliphatic rings. The van der Waals surface area contributed by atoms with Crippen LogP contribution in [0, 0.1) is 18.8 Å². The van der Waals surface area contributed by atoms with Crippen LogP contribution in [0.25, 0.3) is 0 Å². The van der Waals surface area contributed by atoms with E-state index in [1.165, 1.54) is 4.31 Å². The molecule has 2 atom stereocenters. The molecule has 0 aliphatic carbocycles. The zero-order valence-corrected chi connectivity index (χ0v) is 18.6. The van der Waals surface area contributed by atoms with Gasteiger partial charge in [-0.3, -0.25) is 4.79 Å². The second-order valence-electron chi connectivity index (χ2n) is 7.62. The second kappa shape index (κ2) is 9.57. The van der Waals surface area contributed by atoms with Crippen LogP contribution in [-0.4, -0.2) is 62.8 Å². The molecule has 0 spiro atoms. The first-order valence-corrected chi connectivity index (χ1v) is 11.4. The predicted octanol–water partition coefficient (Wildman–Crippen LogP) is 2.52. The molecule has 3 rings (SSSR count). The molecule has 158 valence electrons. The van der Waals surface area contributed by atoms with Gasteiger partial charge in [-0.15, -0.1) is 12.4 Å². The lowest BCUT2D eigenvalue weighted by atomic mass is 9.92. The zero-order valence-electron chi connectivity index (χ0n) is 17.0. The van der Waals surface area contributed by atoms with E-state index < -0.39 is 10.0 Å². The maximum absolute atomic E-state index is 13.1. The van der Waals surface area contributed by atoms with Gasteiger partial charge in [-0.05, 0) is 62.4 Å². The molecular weight excluding hydrogens is 398 g/mol. The van der Waals surface area contributed by atoms with Crippen molar-refractivity contribution in [1.82, 2.24) is 14.5 Å². The standard InChI is InChI=1S/C20H31N3O3S.ClH/c1-4-23(5-2)27(25,26)19-12-16(7-6-15(19)3)20(24)22-10-8-17-13-21-14-18(17)9-11-22;/h6-7,12,17-18,21H,4-5,8-11,13-14H2,1-3H3;1H/t17-,18+;. The summed E-state index contributed by atoms with van der Waals surface area (Å²) in [7, 11) is -3.58. The van der Waals surface area contributed by atoms with E-state index in [1.54, 1.807) is 25.1 Å². The van der Waals surface area contributed by atoms with Gasteiger partial charge in [-0.1, -0.05) is 19.9 Å². The highest BCUT2D eigenvalue weighted by Crippen LogP contribution is 2.28.